The molecular weight excluding hydrogens is 328 g/mol. The number of ether oxygens (including phenoxy) is 1. The lowest BCUT2D eigenvalue weighted by molar-refractivity contribution is -0.144. The van der Waals surface area contributed by atoms with E-state index in [2.05, 4.69) is 10.00 Å². The number of esters is 1. The monoisotopic (exact) mass is 356 g/mol. The lowest BCUT2D eigenvalue weighted by atomic mass is 9.98. The number of fused-ring (bicyclic) bond motifs is 1. The van der Waals surface area contributed by atoms with Crippen molar-refractivity contribution in [3.05, 3.63) is 17.0 Å². The Morgan fingerprint density at radius 2 is 2.08 bits per heavy atom. The lowest BCUT2D eigenvalue weighted by Gasteiger charge is -2.18. The van der Waals surface area contributed by atoms with Crippen LogP contribution in [0, 0.1) is 25.7 Å². The molecule has 1 aromatic rings. The summed E-state index contributed by atoms with van der Waals surface area (Å²) in [5, 5.41) is 4.53. The van der Waals surface area contributed by atoms with E-state index in [9.17, 15) is 4.79 Å². The molecule has 1 aromatic heterocycles. The topological polar surface area (TPSA) is 73.4 Å². The predicted molar refractivity (Wildman–Crippen MR) is 95.0 cm³/mol. The highest BCUT2D eigenvalue weighted by atomic mass is 35.5. The van der Waals surface area contributed by atoms with Gasteiger partial charge in [-0.15, -0.1) is 12.4 Å². The Bertz CT molecular complexity index is 589. The molecule has 3 unspecified atom stereocenters. The largest absolute Gasteiger partial charge is 0.465 e. The van der Waals surface area contributed by atoms with Gasteiger partial charge in [0.05, 0.1) is 12.3 Å². The second-order valence-corrected chi connectivity index (χ2v) is 6.97. The van der Waals surface area contributed by atoms with Gasteiger partial charge >= 0.3 is 5.97 Å². The number of hydrogen-bond acceptors (Lipinski definition) is 5. The summed E-state index contributed by atoms with van der Waals surface area (Å²) in [7, 11) is 0. The molecule has 0 radical (unpaired) electrons. The third-order valence-corrected chi connectivity index (χ3v) is 5.49. The van der Waals surface area contributed by atoms with Crippen LogP contribution in [0.5, 0.6) is 0 Å². The molecule has 0 bridgehead atoms. The second kappa shape index (κ2) is 7.85. The molecule has 3 atom stereocenters. The zero-order valence-corrected chi connectivity index (χ0v) is 15.6. The Kier molecular flexibility index (Phi) is 6.28. The first-order chi connectivity index (χ1) is 11.0. The zero-order chi connectivity index (χ0) is 16.6. The van der Waals surface area contributed by atoms with Crippen LogP contribution in [0.2, 0.25) is 0 Å². The van der Waals surface area contributed by atoms with E-state index in [0.29, 0.717) is 18.6 Å². The van der Waals surface area contributed by atoms with Gasteiger partial charge in [0.2, 0.25) is 0 Å². The van der Waals surface area contributed by atoms with Crippen LogP contribution in [0.3, 0.4) is 0 Å². The van der Waals surface area contributed by atoms with E-state index in [0.717, 1.165) is 36.9 Å². The molecular formula is C17H29ClN4O2. The van der Waals surface area contributed by atoms with Crippen molar-refractivity contribution in [3.8, 4) is 0 Å². The van der Waals surface area contributed by atoms with Gasteiger partial charge in [-0.1, -0.05) is 0 Å². The third-order valence-electron chi connectivity index (χ3n) is 5.49. The van der Waals surface area contributed by atoms with Crippen molar-refractivity contribution in [2.24, 2.45) is 17.6 Å². The molecule has 2 heterocycles. The first-order valence-corrected chi connectivity index (χ1v) is 8.66. The summed E-state index contributed by atoms with van der Waals surface area (Å²) >= 11 is 0. The average molecular weight is 357 g/mol. The van der Waals surface area contributed by atoms with Gasteiger partial charge in [-0.3, -0.25) is 14.4 Å². The Hall–Kier alpha value is -1.11. The maximum Gasteiger partial charge on any atom is 0.327 e. The standard InChI is InChI=1S/C17H28N4O2.ClH/c1-4-23-17(22)10-21-12(3)14(11(2)19-21)8-20-7-13-5-6-16(18)15(13)9-20;/h13,15-16H,4-10,18H2,1-3H3;1H. The fourth-order valence-corrected chi connectivity index (χ4v) is 4.20. The van der Waals surface area contributed by atoms with Crippen LogP contribution in [0.15, 0.2) is 0 Å². The van der Waals surface area contributed by atoms with Crippen LogP contribution in [-0.4, -0.2) is 46.4 Å². The molecule has 1 saturated carbocycles. The summed E-state index contributed by atoms with van der Waals surface area (Å²) < 4.78 is 6.79. The first kappa shape index (κ1) is 19.2. The van der Waals surface area contributed by atoms with Gasteiger partial charge in [0.25, 0.3) is 0 Å². The highest BCUT2D eigenvalue weighted by molar-refractivity contribution is 5.85. The van der Waals surface area contributed by atoms with Gasteiger partial charge in [-0.25, -0.2) is 0 Å². The van der Waals surface area contributed by atoms with Crippen molar-refractivity contribution in [1.82, 2.24) is 14.7 Å². The minimum atomic E-state index is -0.230. The number of aromatic nitrogens is 2. The van der Waals surface area contributed by atoms with Gasteiger partial charge < -0.3 is 10.5 Å². The number of nitrogens with two attached hydrogens (primary N) is 1. The van der Waals surface area contributed by atoms with Gasteiger partial charge in [0, 0.05) is 36.9 Å². The molecule has 2 fully saturated rings. The number of likely N-dealkylation sites (tertiary alicyclic amines) is 1. The average Bonchev–Trinajstić information content (AvgIpc) is 3.12. The maximum absolute atomic E-state index is 11.7. The van der Waals surface area contributed by atoms with Crippen molar-refractivity contribution in [2.75, 3.05) is 19.7 Å². The fourth-order valence-electron chi connectivity index (χ4n) is 4.20. The molecule has 0 aromatic carbocycles. The molecule has 0 amide bonds. The Labute approximate surface area is 150 Å². The molecule has 2 aliphatic rings. The number of carbonyl (C=O) groups excluding carboxylic acids is 1. The van der Waals surface area contributed by atoms with Crippen molar-refractivity contribution in [1.29, 1.82) is 0 Å². The predicted octanol–water partition coefficient (Wildman–Crippen LogP) is 1.65. The molecule has 6 nitrogen and oxygen atoms in total. The van der Waals surface area contributed by atoms with E-state index in [1.807, 2.05) is 20.8 Å². The van der Waals surface area contributed by atoms with E-state index in [4.69, 9.17) is 10.5 Å². The molecule has 1 saturated heterocycles. The third kappa shape index (κ3) is 3.76. The summed E-state index contributed by atoms with van der Waals surface area (Å²) in [5.74, 6) is 1.19. The van der Waals surface area contributed by atoms with Crippen molar-refractivity contribution >= 4 is 18.4 Å². The van der Waals surface area contributed by atoms with Crippen LogP contribution in [0.25, 0.3) is 0 Å². The van der Waals surface area contributed by atoms with Crippen LogP contribution in [-0.2, 0) is 22.6 Å². The number of nitrogens with zero attached hydrogens (tertiary/aromatic N) is 3. The van der Waals surface area contributed by atoms with E-state index in [1.165, 1.54) is 18.4 Å². The fraction of sp³-hybridized carbons (Fsp3) is 0.765. The molecule has 1 aliphatic carbocycles. The Morgan fingerprint density at radius 1 is 1.33 bits per heavy atom. The Morgan fingerprint density at radius 3 is 2.75 bits per heavy atom. The van der Waals surface area contributed by atoms with Crippen molar-refractivity contribution in [2.45, 2.75) is 52.7 Å². The molecule has 3 rings (SSSR count). The van der Waals surface area contributed by atoms with E-state index < -0.39 is 0 Å². The summed E-state index contributed by atoms with van der Waals surface area (Å²) in [6.45, 7) is 9.61. The SMILES string of the molecule is CCOC(=O)Cn1nc(C)c(CN2CC3CCC(N)C3C2)c1C.Cl. The van der Waals surface area contributed by atoms with Crippen LogP contribution < -0.4 is 5.73 Å². The van der Waals surface area contributed by atoms with E-state index >= 15 is 0 Å². The summed E-state index contributed by atoms with van der Waals surface area (Å²) in [6, 6.07) is 0.374. The zero-order valence-electron chi connectivity index (χ0n) is 14.8. The number of carbonyl (C=O) groups is 1. The summed E-state index contributed by atoms with van der Waals surface area (Å²) in [5.41, 5.74) is 9.54. The molecule has 0 spiro atoms. The molecule has 24 heavy (non-hydrogen) atoms. The van der Waals surface area contributed by atoms with Crippen LogP contribution >= 0.6 is 12.4 Å². The molecule has 2 N–H and O–H groups in total. The quantitative estimate of drug-likeness (QED) is 0.812. The van der Waals surface area contributed by atoms with E-state index in [1.54, 1.807) is 4.68 Å². The summed E-state index contributed by atoms with van der Waals surface area (Å²) in [4.78, 5) is 14.2. The second-order valence-electron chi connectivity index (χ2n) is 6.97. The highest BCUT2D eigenvalue weighted by Gasteiger charge is 2.41. The first-order valence-electron chi connectivity index (χ1n) is 8.66. The van der Waals surface area contributed by atoms with Gasteiger partial charge in [-0.2, -0.15) is 5.10 Å². The minimum absolute atomic E-state index is 0. The molecule has 7 heteroatoms. The van der Waals surface area contributed by atoms with Gasteiger partial charge in [-0.05, 0) is 45.4 Å². The molecule has 136 valence electrons. The molecule has 1 aliphatic heterocycles. The lowest BCUT2D eigenvalue weighted by Crippen LogP contribution is -2.30. The van der Waals surface area contributed by atoms with Crippen molar-refractivity contribution < 1.29 is 9.53 Å². The maximum atomic E-state index is 11.7. The van der Waals surface area contributed by atoms with Gasteiger partial charge in [0.1, 0.15) is 6.54 Å². The van der Waals surface area contributed by atoms with E-state index in [-0.39, 0.29) is 24.9 Å². The van der Waals surface area contributed by atoms with Crippen LogP contribution in [0.4, 0.5) is 0 Å². The normalized spacial score (nSPS) is 26.2. The van der Waals surface area contributed by atoms with Crippen LogP contribution in [0.1, 0.15) is 36.7 Å². The number of hydrogen-bond donors (Lipinski definition) is 1. The Balaban J connectivity index is 0.00000208. The summed E-state index contributed by atoms with van der Waals surface area (Å²) in [6.07, 6.45) is 2.45. The highest BCUT2D eigenvalue weighted by Crippen LogP contribution is 2.37. The number of halogens is 1. The number of rotatable bonds is 5. The van der Waals surface area contributed by atoms with Gasteiger partial charge in [0.15, 0.2) is 0 Å². The smallest absolute Gasteiger partial charge is 0.327 e. The minimum Gasteiger partial charge on any atom is -0.465 e. The number of aryl methyl sites for hydroxylation is 1. The van der Waals surface area contributed by atoms with Crippen molar-refractivity contribution in [3.63, 3.8) is 0 Å².